The van der Waals surface area contributed by atoms with Crippen LogP contribution in [-0.4, -0.2) is 58.3 Å². The average molecular weight is 376 g/mol. The van der Waals surface area contributed by atoms with Crippen molar-refractivity contribution in [1.82, 2.24) is 14.9 Å². The number of sulfonamides is 1. The van der Waals surface area contributed by atoms with Gasteiger partial charge in [-0.15, -0.1) is 0 Å². The number of nitrogens with zero attached hydrogens (tertiary/aromatic N) is 2. The molecule has 1 unspecified atom stereocenters. The van der Waals surface area contributed by atoms with Crippen molar-refractivity contribution in [2.75, 3.05) is 32.7 Å². The molecule has 0 saturated carbocycles. The zero-order valence-corrected chi connectivity index (χ0v) is 14.4. The maximum atomic E-state index is 13.3. The molecule has 1 aromatic rings. The molecule has 2 N–H and O–H groups in total. The Morgan fingerprint density at radius 1 is 1.36 bits per heavy atom. The second kappa shape index (κ2) is 7.70. The molecule has 2 rings (SSSR count). The molecule has 1 aliphatic heterocycles. The van der Waals surface area contributed by atoms with E-state index in [4.69, 9.17) is 5.26 Å². The van der Waals surface area contributed by atoms with Crippen molar-refractivity contribution >= 4 is 10.0 Å². The second-order valence-electron chi connectivity index (χ2n) is 5.78. The molecule has 10 heteroatoms. The Morgan fingerprint density at radius 2 is 2.00 bits per heavy atom. The quantitative estimate of drug-likeness (QED) is 0.800. The zero-order valence-electron chi connectivity index (χ0n) is 13.6. The minimum absolute atomic E-state index is 0.162. The third-order valence-electron chi connectivity index (χ3n) is 4.07. The summed E-state index contributed by atoms with van der Waals surface area (Å²) in [7, 11) is -4.10. The minimum atomic E-state index is -4.54. The van der Waals surface area contributed by atoms with Gasteiger partial charge in [0.05, 0.1) is 16.5 Å². The standard InChI is InChI=1S/C15H19F3N4O2S/c1-11-8-13(3-2-12(11)9-19)25(23,24)21-10-14(15(16,17)18)22-6-4-20-5-7-22/h2-3,8,14,20-21H,4-7,10H2,1H3. The summed E-state index contributed by atoms with van der Waals surface area (Å²) >= 11 is 0. The highest BCUT2D eigenvalue weighted by Crippen LogP contribution is 2.25. The monoisotopic (exact) mass is 376 g/mol. The summed E-state index contributed by atoms with van der Waals surface area (Å²) < 4.78 is 66.6. The van der Waals surface area contributed by atoms with Crippen molar-refractivity contribution in [2.45, 2.75) is 24.0 Å². The lowest BCUT2D eigenvalue weighted by atomic mass is 10.1. The first-order valence-corrected chi connectivity index (χ1v) is 9.15. The van der Waals surface area contributed by atoms with Crippen LogP contribution in [-0.2, 0) is 10.0 Å². The van der Waals surface area contributed by atoms with Crippen LogP contribution in [0.2, 0.25) is 0 Å². The van der Waals surface area contributed by atoms with E-state index < -0.39 is 28.8 Å². The van der Waals surface area contributed by atoms with Gasteiger partial charge in [0.1, 0.15) is 6.04 Å². The highest BCUT2D eigenvalue weighted by Gasteiger charge is 2.44. The van der Waals surface area contributed by atoms with Gasteiger partial charge in [-0.05, 0) is 30.7 Å². The second-order valence-corrected chi connectivity index (χ2v) is 7.55. The molecule has 1 heterocycles. The summed E-state index contributed by atoms with van der Waals surface area (Å²) in [4.78, 5) is 1.06. The van der Waals surface area contributed by atoms with E-state index in [1.807, 2.05) is 6.07 Å². The fourth-order valence-electron chi connectivity index (χ4n) is 2.65. The van der Waals surface area contributed by atoms with Crippen molar-refractivity contribution in [3.8, 4) is 6.07 Å². The van der Waals surface area contributed by atoms with Crippen LogP contribution >= 0.6 is 0 Å². The van der Waals surface area contributed by atoms with E-state index >= 15 is 0 Å². The van der Waals surface area contributed by atoms with Crippen LogP contribution in [0.25, 0.3) is 0 Å². The molecule has 0 aromatic heterocycles. The third-order valence-corrected chi connectivity index (χ3v) is 5.49. The van der Waals surface area contributed by atoms with E-state index in [9.17, 15) is 21.6 Å². The maximum Gasteiger partial charge on any atom is 0.405 e. The van der Waals surface area contributed by atoms with Gasteiger partial charge in [0.25, 0.3) is 0 Å². The maximum absolute atomic E-state index is 13.3. The topological polar surface area (TPSA) is 85.2 Å². The highest BCUT2D eigenvalue weighted by atomic mass is 32.2. The van der Waals surface area contributed by atoms with Crippen LogP contribution < -0.4 is 10.0 Å². The molecule has 6 nitrogen and oxygen atoms in total. The van der Waals surface area contributed by atoms with Gasteiger partial charge >= 0.3 is 6.18 Å². The largest absolute Gasteiger partial charge is 0.405 e. The Labute approximate surface area is 144 Å². The first-order valence-electron chi connectivity index (χ1n) is 7.67. The number of halogens is 3. The summed E-state index contributed by atoms with van der Waals surface area (Å²) in [6.07, 6.45) is -4.54. The lowest BCUT2D eigenvalue weighted by Crippen LogP contribution is -2.57. The van der Waals surface area contributed by atoms with E-state index in [-0.39, 0.29) is 18.0 Å². The van der Waals surface area contributed by atoms with Crippen LogP contribution in [0.15, 0.2) is 23.1 Å². The lowest BCUT2D eigenvalue weighted by molar-refractivity contribution is -0.182. The number of hydrogen-bond acceptors (Lipinski definition) is 5. The van der Waals surface area contributed by atoms with E-state index in [1.54, 1.807) is 6.92 Å². The molecule has 1 aliphatic rings. The Kier molecular flexibility index (Phi) is 6.05. The van der Waals surface area contributed by atoms with E-state index in [0.717, 1.165) is 0 Å². The van der Waals surface area contributed by atoms with Crippen LogP contribution in [0.3, 0.4) is 0 Å². The summed E-state index contributed by atoms with van der Waals surface area (Å²) in [5.74, 6) is 0. The van der Waals surface area contributed by atoms with Gasteiger partial charge in [-0.2, -0.15) is 18.4 Å². The molecule has 1 fully saturated rings. The summed E-state index contributed by atoms with van der Waals surface area (Å²) in [5, 5.41) is 11.8. The smallest absolute Gasteiger partial charge is 0.314 e. The number of aryl methyl sites for hydroxylation is 1. The van der Waals surface area contributed by atoms with Crippen LogP contribution in [0.5, 0.6) is 0 Å². The SMILES string of the molecule is Cc1cc(S(=O)(=O)NCC(N2CCNCC2)C(F)(F)F)ccc1C#N. The molecule has 0 radical (unpaired) electrons. The van der Waals surface area contributed by atoms with Gasteiger partial charge < -0.3 is 5.32 Å². The molecule has 25 heavy (non-hydrogen) atoms. The molecule has 0 spiro atoms. The first kappa shape index (κ1) is 19.7. The summed E-state index contributed by atoms with van der Waals surface area (Å²) in [5.41, 5.74) is 0.757. The average Bonchev–Trinajstić information content (AvgIpc) is 2.54. The van der Waals surface area contributed by atoms with Gasteiger partial charge in [-0.25, -0.2) is 13.1 Å². The fourth-order valence-corrected chi connectivity index (χ4v) is 3.77. The van der Waals surface area contributed by atoms with Crippen molar-refractivity contribution < 1.29 is 21.6 Å². The molecule has 0 amide bonds. The van der Waals surface area contributed by atoms with Gasteiger partial charge in [0, 0.05) is 32.7 Å². The van der Waals surface area contributed by atoms with Gasteiger partial charge in [-0.1, -0.05) is 0 Å². The number of alkyl halides is 3. The molecule has 0 bridgehead atoms. The number of rotatable bonds is 5. The summed E-state index contributed by atoms with van der Waals surface area (Å²) in [6.45, 7) is 2.05. The number of benzene rings is 1. The van der Waals surface area contributed by atoms with Crippen molar-refractivity contribution in [1.29, 1.82) is 5.26 Å². The predicted octanol–water partition coefficient (Wildman–Crippen LogP) is 0.981. The number of nitrogens with one attached hydrogen (secondary N) is 2. The molecule has 1 aromatic carbocycles. The predicted molar refractivity (Wildman–Crippen MR) is 85.4 cm³/mol. The fraction of sp³-hybridized carbons (Fsp3) is 0.533. The van der Waals surface area contributed by atoms with Crippen molar-refractivity contribution in [3.05, 3.63) is 29.3 Å². The third kappa shape index (κ3) is 4.92. The molecular formula is C15H19F3N4O2S. The normalized spacial score (nSPS) is 17.9. The van der Waals surface area contributed by atoms with Gasteiger partial charge in [-0.3, -0.25) is 4.90 Å². The zero-order chi connectivity index (χ0) is 18.7. The first-order chi connectivity index (χ1) is 11.6. The molecule has 1 atom stereocenters. The lowest BCUT2D eigenvalue weighted by Gasteiger charge is -2.35. The van der Waals surface area contributed by atoms with Crippen LogP contribution in [0.4, 0.5) is 13.2 Å². The number of hydrogen-bond donors (Lipinski definition) is 2. The molecule has 138 valence electrons. The molecule has 0 aliphatic carbocycles. The highest BCUT2D eigenvalue weighted by molar-refractivity contribution is 7.89. The molecule has 1 saturated heterocycles. The van der Waals surface area contributed by atoms with Gasteiger partial charge in [0.2, 0.25) is 10.0 Å². The van der Waals surface area contributed by atoms with Gasteiger partial charge in [0.15, 0.2) is 0 Å². The van der Waals surface area contributed by atoms with E-state index in [0.29, 0.717) is 24.2 Å². The Bertz CT molecular complexity index is 753. The van der Waals surface area contributed by atoms with Crippen LogP contribution in [0.1, 0.15) is 11.1 Å². The van der Waals surface area contributed by atoms with Crippen LogP contribution in [0, 0.1) is 18.3 Å². The van der Waals surface area contributed by atoms with E-state index in [2.05, 4.69) is 10.0 Å². The Hall–Kier alpha value is -1.67. The molecular weight excluding hydrogens is 357 g/mol. The Morgan fingerprint density at radius 3 is 2.52 bits per heavy atom. The van der Waals surface area contributed by atoms with Crippen molar-refractivity contribution in [3.63, 3.8) is 0 Å². The van der Waals surface area contributed by atoms with Crippen molar-refractivity contribution in [2.24, 2.45) is 0 Å². The number of piperazine rings is 1. The minimum Gasteiger partial charge on any atom is -0.314 e. The number of nitriles is 1. The van der Waals surface area contributed by atoms with E-state index in [1.165, 1.54) is 23.1 Å². The summed E-state index contributed by atoms with van der Waals surface area (Å²) in [6, 6.07) is 3.84. The Balaban J connectivity index is 2.15.